The van der Waals surface area contributed by atoms with Gasteiger partial charge in [0.05, 0.1) is 0 Å². The number of hydrogen-bond donors (Lipinski definition) is 1. The number of nitrogens with one attached hydrogen (secondary N) is 1. The van der Waals surface area contributed by atoms with Crippen LogP contribution in [-0.4, -0.2) is 24.7 Å². The number of benzene rings is 1. The van der Waals surface area contributed by atoms with Crippen molar-refractivity contribution in [1.29, 1.82) is 0 Å². The molecular formula is C13H13F2N3O3S. The second-order valence-corrected chi connectivity index (χ2v) is 6.15. The smallest absolute Gasteiger partial charge is 0.266 e. The number of aromatic nitrogens is 2. The van der Waals surface area contributed by atoms with Crippen molar-refractivity contribution < 1.29 is 17.2 Å². The molecule has 0 fully saturated rings. The third-order valence-corrected chi connectivity index (χ3v) is 4.28. The molecule has 22 heavy (non-hydrogen) atoms. The molecule has 1 heterocycles. The monoisotopic (exact) mass is 329 g/mol. The highest BCUT2D eigenvalue weighted by Crippen LogP contribution is 2.15. The Bertz CT molecular complexity index is 821. The van der Waals surface area contributed by atoms with Gasteiger partial charge in [-0.15, -0.1) is 0 Å². The lowest BCUT2D eigenvalue weighted by molar-refractivity contribution is 0.526. The first-order valence-corrected chi connectivity index (χ1v) is 7.85. The zero-order valence-corrected chi connectivity index (χ0v) is 12.2. The Balaban J connectivity index is 1.97. The summed E-state index contributed by atoms with van der Waals surface area (Å²) >= 11 is 0. The topological polar surface area (TPSA) is 81.1 Å². The Labute approximate surface area is 125 Å². The van der Waals surface area contributed by atoms with Crippen molar-refractivity contribution in [2.24, 2.45) is 0 Å². The number of halogens is 2. The molecule has 0 aliphatic rings. The van der Waals surface area contributed by atoms with E-state index in [9.17, 15) is 22.0 Å². The molecule has 0 saturated carbocycles. The summed E-state index contributed by atoms with van der Waals surface area (Å²) in [6.07, 6.45) is 1.71. The van der Waals surface area contributed by atoms with Crippen LogP contribution >= 0.6 is 0 Å². The highest BCUT2D eigenvalue weighted by molar-refractivity contribution is 7.89. The summed E-state index contributed by atoms with van der Waals surface area (Å²) in [7, 11) is -4.15. The predicted molar refractivity (Wildman–Crippen MR) is 74.7 cm³/mol. The van der Waals surface area contributed by atoms with Gasteiger partial charge in [0.25, 0.3) is 5.56 Å². The van der Waals surface area contributed by atoms with E-state index in [2.05, 4.69) is 9.82 Å². The summed E-state index contributed by atoms with van der Waals surface area (Å²) in [6.45, 7) is 0.162. The fourth-order valence-electron chi connectivity index (χ4n) is 1.75. The van der Waals surface area contributed by atoms with Crippen LogP contribution < -0.4 is 10.3 Å². The SMILES string of the molecule is O=c1cccnn1CCCNS(=O)(=O)c1cc(F)ccc1F. The van der Waals surface area contributed by atoms with E-state index < -0.39 is 26.6 Å². The molecule has 9 heteroatoms. The van der Waals surface area contributed by atoms with E-state index >= 15 is 0 Å². The minimum absolute atomic E-state index is 0.0404. The quantitative estimate of drug-likeness (QED) is 0.798. The van der Waals surface area contributed by atoms with Crippen molar-refractivity contribution in [1.82, 2.24) is 14.5 Å². The van der Waals surface area contributed by atoms with E-state index in [0.29, 0.717) is 6.07 Å². The minimum Gasteiger partial charge on any atom is -0.268 e. The molecule has 0 saturated heterocycles. The Kier molecular flexibility index (Phi) is 4.99. The van der Waals surface area contributed by atoms with Crippen LogP contribution in [0.15, 0.2) is 46.2 Å². The van der Waals surface area contributed by atoms with Crippen molar-refractivity contribution >= 4 is 10.0 Å². The maximum atomic E-state index is 13.5. The Hall–Kier alpha value is -2.13. The van der Waals surface area contributed by atoms with Crippen LogP contribution in [0.1, 0.15) is 6.42 Å². The summed E-state index contributed by atoms with van der Waals surface area (Å²) in [6, 6.07) is 5.02. The molecular weight excluding hydrogens is 316 g/mol. The van der Waals surface area contributed by atoms with Crippen LogP contribution in [0.5, 0.6) is 0 Å². The molecule has 0 bridgehead atoms. The number of nitrogens with zero attached hydrogens (tertiary/aromatic N) is 2. The van der Waals surface area contributed by atoms with Crippen LogP contribution in [0, 0.1) is 11.6 Å². The van der Waals surface area contributed by atoms with Crippen LogP contribution in [0.25, 0.3) is 0 Å². The molecule has 0 aliphatic carbocycles. The van der Waals surface area contributed by atoms with Gasteiger partial charge in [-0.1, -0.05) is 0 Å². The molecule has 0 spiro atoms. The van der Waals surface area contributed by atoms with Gasteiger partial charge in [-0.3, -0.25) is 4.79 Å². The maximum absolute atomic E-state index is 13.5. The molecule has 118 valence electrons. The van der Waals surface area contributed by atoms with E-state index in [0.717, 1.165) is 12.1 Å². The zero-order valence-electron chi connectivity index (χ0n) is 11.4. The van der Waals surface area contributed by atoms with Crippen LogP contribution in [0.3, 0.4) is 0 Å². The molecule has 1 aromatic carbocycles. The van der Waals surface area contributed by atoms with E-state index in [1.54, 1.807) is 0 Å². The fraction of sp³-hybridized carbons (Fsp3) is 0.231. The van der Waals surface area contributed by atoms with Gasteiger partial charge in [-0.2, -0.15) is 5.10 Å². The van der Waals surface area contributed by atoms with Gasteiger partial charge >= 0.3 is 0 Å². The molecule has 1 aromatic heterocycles. The highest BCUT2D eigenvalue weighted by atomic mass is 32.2. The third-order valence-electron chi connectivity index (χ3n) is 2.81. The third kappa shape index (κ3) is 3.95. The predicted octanol–water partition coefficient (Wildman–Crippen LogP) is 0.890. The number of sulfonamides is 1. The molecule has 0 radical (unpaired) electrons. The van der Waals surface area contributed by atoms with E-state index in [1.807, 2.05) is 0 Å². The zero-order chi connectivity index (χ0) is 16.2. The fourth-order valence-corrected chi connectivity index (χ4v) is 2.91. The van der Waals surface area contributed by atoms with Crippen LogP contribution in [0.2, 0.25) is 0 Å². The molecule has 0 aliphatic heterocycles. The average molecular weight is 329 g/mol. The molecule has 2 aromatic rings. The highest BCUT2D eigenvalue weighted by Gasteiger charge is 2.19. The van der Waals surface area contributed by atoms with Gasteiger partial charge in [0, 0.05) is 25.4 Å². The van der Waals surface area contributed by atoms with Gasteiger partial charge in [-0.05, 0) is 30.7 Å². The first-order valence-electron chi connectivity index (χ1n) is 6.37. The molecule has 0 amide bonds. The summed E-state index contributed by atoms with van der Waals surface area (Å²) in [5.74, 6) is -1.88. The number of rotatable bonds is 6. The second-order valence-electron chi connectivity index (χ2n) is 4.41. The van der Waals surface area contributed by atoms with Crippen molar-refractivity contribution in [2.45, 2.75) is 17.9 Å². The minimum atomic E-state index is -4.15. The lowest BCUT2D eigenvalue weighted by Crippen LogP contribution is -2.28. The van der Waals surface area contributed by atoms with Crippen LogP contribution in [0.4, 0.5) is 8.78 Å². The first-order chi connectivity index (χ1) is 10.4. The van der Waals surface area contributed by atoms with Crippen molar-refractivity contribution in [3.63, 3.8) is 0 Å². The first kappa shape index (κ1) is 16.2. The van der Waals surface area contributed by atoms with E-state index in [1.165, 1.54) is 23.0 Å². The summed E-state index contributed by atoms with van der Waals surface area (Å²) in [5.41, 5.74) is -0.304. The van der Waals surface area contributed by atoms with Gasteiger partial charge in [0.2, 0.25) is 10.0 Å². The van der Waals surface area contributed by atoms with E-state index in [4.69, 9.17) is 0 Å². The van der Waals surface area contributed by atoms with Gasteiger partial charge in [0.1, 0.15) is 16.5 Å². The van der Waals surface area contributed by atoms with E-state index in [-0.39, 0.29) is 25.1 Å². The van der Waals surface area contributed by atoms with Crippen molar-refractivity contribution in [2.75, 3.05) is 6.54 Å². The lowest BCUT2D eigenvalue weighted by Gasteiger charge is -2.08. The molecule has 6 nitrogen and oxygen atoms in total. The molecule has 0 unspecified atom stereocenters. The Morgan fingerprint density at radius 2 is 2.00 bits per heavy atom. The van der Waals surface area contributed by atoms with Gasteiger partial charge in [-0.25, -0.2) is 26.6 Å². The largest absolute Gasteiger partial charge is 0.268 e. The summed E-state index contributed by atoms with van der Waals surface area (Å²) in [5, 5.41) is 3.81. The summed E-state index contributed by atoms with van der Waals surface area (Å²) < 4.78 is 53.6. The normalized spacial score (nSPS) is 11.5. The van der Waals surface area contributed by atoms with Gasteiger partial charge < -0.3 is 0 Å². The van der Waals surface area contributed by atoms with Crippen molar-refractivity contribution in [3.8, 4) is 0 Å². The van der Waals surface area contributed by atoms with Crippen molar-refractivity contribution in [3.05, 3.63) is 58.5 Å². The average Bonchev–Trinajstić information content (AvgIpc) is 2.48. The molecule has 2 rings (SSSR count). The molecule has 1 N–H and O–H groups in total. The van der Waals surface area contributed by atoms with Gasteiger partial charge in [0.15, 0.2) is 0 Å². The standard InChI is InChI=1S/C13H13F2N3O3S/c14-10-4-5-11(15)12(9-10)22(20,21)17-7-2-8-18-13(19)3-1-6-16-18/h1,3-6,9,17H,2,7-8H2. The van der Waals surface area contributed by atoms with Crippen LogP contribution in [-0.2, 0) is 16.6 Å². The maximum Gasteiger partial charge on any atom is 0.266 e. The summed E-state index contributed by atoms with van der Waals surface area (Å²) in [4.78, 5) is 10.6. The lowest BCUT2D eigenvalue weighted by atomic mass is 10.3. The number of hydrogen-bond acceptors (Lipinski definition) is 4. The Morgan fingerprint density at radius 1 is 1.23 bits per heavy atom. The second kappa shape index (κ2) is 6.75. The molecule has 0 atom stereocenters. The Morgan fingerprint density at radius 3 is 2.73 bits per heavy atom. The number of aryl methyl sites for hydroxylation is 1.